The van der Waals surface area contributed by atoms with E-state index in [1.54, 1.807) is 14.2 Å². The van der Waals surface area contributed by atoms with Crippen molar-refractivity contribution in [3.63, 3.8) is 0 Å². The summed E-state index contributed by atoms with van der Waals surface area (Å²) >= 11 is 0. The van der Waals surface area contributed by atoms with Crippen molar-refractivity contribution in [1.82, 2.24) is 0 Å². The van der Waals surface area contributed by atoms with Crippen LogP contribution in [0.2, 0.25) is 0 Å². The molecule has 0 saturated carbocycles. The molecule has 0 aliphatic heterocycles. The second-order valence-corrected chi connectivity index (χ2v) is 4.09. The number of rotatable bonds is 6. The van der Waals surface area contributed by atoms with Gasteiger partial charge in [-0.25, -0.2) is 0 Å². The molecule has 0 radical (unpaired) electrons. The first-order chi connectivity index (χ1) is 7.29. The van der Waals surface area contributed by atoms with Gasteiger partial charge in [0.1, 0.15) is 0 Å². The molecule has 3 heteroatoms. The Morgan fingerprint density at radius 1 is 1.07 bits per heavy atom. The maximum atomic E-state index is 5.12. The summed E-state index contributed by atoms with van der Waals surface area (Å²) in [5, 5.41) is 1.26. The van der Waals surface area contributed by atoms with Gasteiger partial charge in [-0.1, -0.05) is 18.2 Å². The molecule has 0 fully saturated rings. The fourth-order valence-corrected chi connectivity index (χ4v) is 2.05. The van der Waals surface area contributed by atoms with Crippen LogP contribution in [-0.4, -0.2) is 27.4 Å². The molecule has 0 amide bonds. The first kappa shape index (κ1) is 12.6. The van der Waals surface area contributed by atoms with Gasteiger partial charge in [-0.3, -0.25) is 0 Å². The molecule has 0 aliphatic carbocycles. The van der Waals surface area contributed by atoms with Crippen LogP contribution < -0.4 is 5.30 Å². The van der Waals surface area contributed by atoms with Crippen molar-refractivity contribution in [3.05, 3.63) is 29.3 Å². The fourth-order valence-electron chi connectivity index (χ4n) is 1.61. The van der Waals surface area contributed by atoms with Gasteiger partial charge in [-0.2, -0.15) is 0 Å². The monoisotopic (exact) mass is 226 g/mol. The molecule has 0 bridgehead atoms. The summed E-state index contributed by atoms with van der Waals surface area (Å²) in [5.41, 5.74) is 2.74. The molecule has 1 atom stereocenters. The highest BCUT2D eigenvalue weighted by atomic mass is 31.0. The number of ether oxygens (including phenoxy) is 2. The second-order valence-electron chi connectivity index (χ2n) is 3.47. The fraction of sp³-hybridized carbons (Fsp3) is 0.500. The summed E-state index contributed by atoms with van der Waals surface area (Å²) in [7, 11) is 6.26. The molecule has 0 N–H and O–H groups in total. The van der Waals surface area contributed by atoms with Crippen molar-refractivity contribution in [3.8, 4) is 0 Å². The minimum atomic E-state index is 0.769. The largest absolute Gasteiger partial charge is 0.384 e. The SMILES string of the molecule is COCCc1cccc(P)c1CCOC. The Morgan fingerprint density at radius 2 is 1.73 bits per heavy atom. The van der Waals surface area contributed by atoms with Gasteiger partial charge in [0.05, 0.1) is 13.2 Å². The Kier molecular flexibility index (Phi) is 5.85. The van der Waals surface area contributed by atoms with E-state index < -0.39 is 0 Å². The van der Waals surface area contributed by atoms with Gasteiger partial charge in [-0.05, 0) is 29.3 Å². The quantitative estimate of drug-likeness (QED) is 0.685. The minimum absolute atomic E-state index is 0.769. The number of methoxy groups -OCH3 is 2. The lowest BCUT2D eigenvalue weighted by Gasteiger charge is -2.11. The molecule has 0 saturated heterocycles. The lowest BCUT2D eigenvalue weighted by molar-refractivity contribution is 0.198. The van der Waals surface area contributed by atoms with Gasteiger partial charge >= 0.3 is 0 Å². The van der Waals surface area contributed by atoms with Crippen LogP contribution in [-0.2, 0) is 22.3 Å². The molecule has 15 heavy (non-hydrogen) atoms. The van der Waals surface area contributed by atoms with E-state index >= 15 is 0 Å². The normalized spacial score (nSPS) is 10.6. The van der Waals surface area contributed by atoms with Crippen LogP contribution in [0, 0.1) is 0 Å². The Labute approximate surface area is 94.2 Å². The van der Waals surface area contributed by atoms with E-state index in [1.165, 1.54) is 16.4 Å². The third-order valence-electron chi connectivity index (χ3n) is 2.44. The molecule has 0 heterocycles. The summed E-state index contributed by atoms with van der Waals surface area (Å²) in [6, 6.07) is 6.37. The standard InChI is InChI=1S/C12H19O2P/c1-13-8-6-10-4-3-5-12(15)11(10)7-9-14-2/h3-5H,6-9,15H2,1-2H3. The van der Waals surface area contributed by atoms with E-state index in [9.17, 15) is 0 Å². The van der Waals surface area contributed by atoms with E-state index in [0.717, 1.165) is 26.1 Å². The maximum absolute atomic E-state index is 5.12. The Balaban J connectivity index is 2.77. The van der Waals surface area contributed by atoms with Crippen LogP contribution >= 0.6 is 9.24 Å². The molecular formula is C12H19O2P. The average molecular weight is 226 g/mol. The van der Waals surface area contributed by atoms with E-state index in [0.29, 0.717) is 0 Å². The molecule has 0 aromatic heterocycles. The van der Waals surface area contributed by atoms with Crippen molar-refractivity contribution in [1.29, 1.82) is 0 Å². The Morgan fingerprint density at radius 3 is 2.40 bits per heavy atom. The lowest BCUT2D eigenvalue weighted by atomic mass is 10.0. The summed E-state index contributed by atoms with van der Waals surface area (Å²) in [6.45, 7) is 1.54. The van der Waals surface area contributed by atoms with Crippen LogP contribution in [0.4, 0.5) is 0 Å². The molecule has 1 rings (SSSR count). The van der Waals surface area contributed by atoms with Gasteiger partial charge in [0.15, 0.2) is 0 Å². The predicted molar refractivity (Wildman–Crippen MR) is 66.9 cm³/mol. The smallest absolute Gasteiger partial charge is 0.0503 e. The van der Waals surface area contributed by atoms with E-state index in [1.807, 2.05) is 0 Å². The molecule has 1 aromatic rings. The van der Waals surface area contributed by atoms with Gasteiger partial charge in [-0.15, -0.1) is 9.24 Å². The molecular weight excluding hydrogens is 207 g/mol. The van der Waals surface area contributed by atoms with Crippen LogP contribution in [0.15, 0.2) is 18.2 Å². The van der Waals surface area contributed by atoms with Gasteiger partial charge in [0.25, 0.3) is 0 Å². The highest BCUT2D eigenvalue weighted by molar-refractivity contribution is 7.27. The molecule has 84 valence electrons. The first-order valence-corrected chi connectivity index (χ1v) is 5.71. The zero-order valence-corrected chi connectivity index (χ0v) is 10.6. The van der Waals surface area contributed by atoms with Crippen molar-refractivity contribution in [2.24, 2.45) is 0 Å². The topological polar surface area (TPSA) is 18.5 Å². The van der Waals surface area contributed by atoms with Crippen LogP contribution in [0.25, 0.3) is 0 Å². The van der Waals surface area contributed by atoms with Gasteiger partial charge in [0, 0.05) is 14.2 Å². The highest BCUT2D eigenvalue weighted by Gasteiger charge is 2.05. The lowest BCUT2D eigenvalue weighted by Crippen LogP contribution is -2.11. The third kappa shape index (κ3) is 3.90. The van der Waals surface area contributed by atoms with Gasteiger partial charge in [0.2, 0.25) is 0 Å². The van der Waals surface area contributed by atoms with Crippen molar-refractivity contribution >= 4 is 14.5 Å². The predicted octanol–water partition coefficient (Wildman–Crippen LogP) is 1.56. The Hall–Kier alpha value is -0.430. The number of benzene rings is 1. The third-order valence-corrected chi connectivity index (χ3v) is 2.98. The summed E-state index contributed by atoms with van der Waals surface area (Å²) in [6.07, 6.45) is 1.94. The van der Waals surface area contributed by atoms with Crippen molar-refractivity contribution in [2.45, 2.75) is 12.8 Å². The van der Waals surface area contributed by atoms with Crippen LogP contribution in [0.5, 0.6) is 0 Å². The molecule has 0 spiro atoms. The highest BCUT2D eigenvalue weighted by Crippen LogP contribution is 2.11. The maximum Gasteiger partial charge on any atom is 0.0503 e. The van der Waals surface area contributed by atoms with E-state index in [2.05, 4.69) is 27.4 Å². The summed E-state index contributed by atoms with van der Waals surface area (Å²) in [5.74, 6) is 0. The van der Waals surface area contributed by atoms with Crippen LogP contribution in [0.1, 0.15) is 11.1 Å². The number of hydrogen-bond donors (Lipinski definition) is 0. The van der Waals surface area contributed by atoms with Crippen molar-refractivity contribution in [2.75, 3.05) is 27.4 Å². The van der Waals surface area contributed by atoms with E-state index in [4.69, 9.17) is 9.47 Å². The van der Waals surface area contributed by atoms with Gasteiger partial charge < -0.3 is 9.47 Å². The average Bonchev–Trinajstić information content (AvgIpc) is 2.25. The minimum Gasteiger partial charge on any atom is -0.384 e. The summed E-state index contributed by atoms with van der Waals surface area (Å²) < 4.78 is 10.2. The molecule has 1 unspecified atom stereocenters. The number of hydrogen-bond acceptors (Lipinski definition) is 2. The summed E-state index contributed by atoms with van der Waals surface area (Å²) in [4.78, 5) is 0. The zero-order chi connectivity index (χ0) is 11.1. The first-order valence-electron chi connectivity index (χ1n) is 5.13. The van der Waals surface area contributed by atoms with Crippen molar-refractivity contribution < 1.29 is 9.47 Å². The van der Waals surface area contributed by atoms with E-state index in [-0.39, 0.29) is 0 Å². The zero-order valence-electron chi connectivity index (χ0n) is 9.45. The molecule has 2 nitrogen and oxygen atoms in total. The molecule has 1 aromatic carbocycles. The second kappa shape index (κ2) is 6.95. The van der Waals surface area contributed by atoms with Crippen LogP contribution in [0.3, 0.4) is 0 Å². The Bertz CT molecular complexity index is 300. The molecule has 0 aliphatic rings.